The monoisotopic (exact) mass is 263 g/mol. The molecule has 0 saturated carbocycles. The molecule has 1 aliphatic rings. The molecule has 1 saturated heterocycles. The van der Waals surface area contributed by atoms with E-state index in [0.29, 0.717) is 31.1 Å². The summed E-state index contributed by atoms with van der Waals surface area (Å²) in [6.07, 6.45) is 1.83. The Bertz CT molecular complexity index is 462. The summed E-state index contributed by atoms with van der Waals surface area (Å²) in [5.41, 5.74) is 7.23. The van der Waals surface area contributed by atoms with E-state index in [2.05, 4.69) is 11.9 Å². The maximum Gasteiger partial charge on any atom is 0.254 e. The molecule has 0 radical (unpaired) electrons. The molecule has 0 bridgehead atoms. The van der Waals surface area contributed by atoms with E-state index in [1.807, 2.05) is 17.9 Å². The van der Waals surface area contributed by atoms with Gasteiger partial charge in [0, 0.05) is 24.3 Å². The lowest BCUT2D eigenvalue weighted by atomic mass is 10.1. The molecule has 5 nitrogen and oxygen atoms in total. The van der Waals surface area contributed by atoms with Crippen LogP contribution in [-0.4, -0.2) is 41.6 Å². The number of amides is 1. The Hall–Kier alpha value is -1.62. The van der Waals surface area contributed by atoms with Gasteiger partial charge in [-0.25, -0.2) is 4.98 Å². The second kappa shape index (κ2) is 6.02. The summed E-state index contributed by atoms with van der Waals surface area (Å²) in [7, 11) is 0. The summed E-state index contributed by atoms with van der Waals surface area (Å²) in [5.74, 6) is 0.425. The maximum atomic E-state index is 12.5. The van der Waals surface area contributed by atoms with E-state index in [4.69, 9.17) is 10.5 Å². The molecular weight excluding hydrogens is 242 g/mol. The third-order valence-corrected chi connectivity index (χ3v) is 3.39. The molecule has 1 fully saturated rings. The van der Waals surface area contributed by atoms with Gasteiger partial charge < -0.3 is 15.4 Å². The molecule has 1 aromatic heterocycles. The van der Waals surface area contributed by atoms with Crippen LogP contribution in [0.2, 0.25) is 0 Å². The van der Waals surface area contributed by atoms with Crippen LogP contribution in [-0.2, 0) is 11.2 Å². The molecule has 1 aliphatic heterocycles. The SMILES string of the molecule is CCc1cc(C(=O)N2CCOC(CC)C2)cc(N)n1. The molecule has 5 heteroatoms. The van der Waals surface area contributed by atoms with Crippen LogP contribution in [0.5, 0.6) is 0 Å². The van der Waals surface area contributed by atoms with E-state index in [1.54, 1.807) is 6.07 Å². The van der Waals surface area contributed by atoms with Gasteiger partial charge >= 0.3 is 0 Å². The summed E-state index contributed by atoms with van der Waals surface area (Å²) in [6, 6.07) is 3.48. The Labute approximate surface area is 113 Å². The van der Waals surface area contributed by atoms with Gasteiger partial charge in [0.2, 0.25) is 0 Å². The van der Waals surface area contributed by atoms with E-state index >= 15 is 0 Å². The molecule has 2 rings (SSSR count). The molecule has 2 N–H and O–H groups in total. The number of ether oxygens (including phenoxy) is 1. The highest BCUT2D eigenvalue weighted by Gasteiger charge is 2.24. The summed E-state index contributed by atoms with van der Waals surface area (Å²) < 4.78 is 5.58. The average Bonchev–Trinajstić information content (AvgIpc) is 2.45. The number of nitrogen functional groups attached to an aromatic ring is 1. The van der Waals surface area contributed by atoms with Crippen molar-refractivity contribution < 1.29 is 9.53 Å². The minimum Gasteiger partial charge on any atom is -0.384 e. The fourth-order valence-electron chi connectivity index (χ4n) is 2.25. The van der Waals surface area contributed by atoms with E-state index in [1.165, 1.54) is 0 Å². The van der Waals surface area contributed by atoms with Crippen LogP contribution in [0.3, 0.4) is 0 Å². The van der Waals surface area contributed by atoms with Crippen LogP contribution in [0.4, 0.5) is 5.82 Å². The minimum atomic E-state index is 0.0190. The van der Waals surface area contributed by atoms with E-state index < -0.39 is 0 Å². The molecule has 2 heterocycles. The Morgan fingerprint density at radius 2 is 2.32 bits per heavy atom. The highest BCUT2D eigenvalue weighted by atomic mass is 16.5. The van der Waals surface area contributed by atoms with Crippen molar-refractivity contribution >= 4 is 11.7 Å². The smallest absolute Gasteiger partial charge is 0.254 e. The Morgan fingerprint density at radius 3 is 3.00 bits per heavy atom. The first-order valence-electron chi connectivity index (χ1n) is 6.81. The molecule has 1 atom stereocenters. The van der Waals surface area contributed by atoms with Crippen molar-refractivity contribution in [2.75, 3.05) is 25.4 Å². The predicted molar refractivity (Wildman–Crippen MR) is 74.0 cm³/mol. The van der Waals surface area contributed by atoms with Crippen molar-refractivity contribution in [3.8, 4) is 0 Å². The first-order chi connectivity index (χ1) is 9.13. The Balaban J connectivity index is 2.16. The molecule has 19 heavy (non-hydrogen) atoms. The number of aromatic nitrogens is 1. The minimum absolute atomic E-state index is 0.0190. The van der Waals surface area contributed by atoms with Crippen molar-refractivity contribution in [2.45, 2.75) is 32.8 Å². The Kier molecular flexibility index (Phi) is 4.37. The van der Waals surface area contributed by atoms with Gasteiger partial charge in [0.15, 0.2) is 0 Å². The standard InChI is InChI=1S/C14H21N3O2/c1-3-11-7-10(8-13(15)16-11)14(18)17-5-6-19-12(4-2)9-17/h7-8,12H,3-6,9H2,1-2H3,(H2,15,16). The van der Waals surface area contributed by atoms with Crippen molar-refractivity contribution in [1.29, 1.82) is 0 Å². The number of pyridine rings is 1. The number of rotatable bonds is 3. The van der Waals surface area contributed by atoms with Crippen LogP contribution in [0.1, 0.15) is 36.3 Å². The summed E-state index contributed by atoms with van der Waals surface area (Å²) in [4.78, 5) is 18.5. The van der Waals surface area contributed by atoms with Gasteiger partial charge in [0.05, 0.1) is 12.7 Å². The quantitative estimate of drug-likeness (QED) is 0.896. The van der Waals surface area contributed by atoms with Crippen LogP contribution >= 0.6 is 0 Å². The lowest BCUT2D eigenvalue weighted by molar-refractivity contribution is -0.0226. The zero-order chi connectivity index (χ0) is 13.8. The number of nitrogens with zero attached hydrogens (tertiary/aromatic N) is 2. The fourth-order valence-corrected chi connectivity index (χ4v) is 2.25. The summed E-state index contributed by atoms with van der Waals surface area (Å²) in [5, 5.41) is 0. The molecule has 104 valence electrons. The van der Waals surface area contributed by atoms with Crippen LogP contribution in [0.15, 0.2) is 12.1 Å². The molecule has 1 unspecified atom stereocenters. The zero-order valence-electron chi connectivity index (χ0n) is 11.6. The van der Waals surface area contributed by atoms with Crippen molar-refractivity contribution in [3.05, 3.63) is 23.4 Å². The number of hydrogen-bond acceptors (Lipinski definition) is 4. The number of nitrogens with two attached hydrogens (primary N) is 1. The van der Waals surface area contributed by atoms with Gasteiger partial charge in [0.25, 0.3) is 5.91 Å². The summed E-state index contributed by atoms with van der Waals surface area (Å²) >= 11 is 0. The van der Waals surface area contributed by atoms with E-state index in [9.17, 15) is 4.79 Å². The lowest BCUT2D eigenvalue weighted by Gasteiger charge is -2.32. The van der Waals surface area contributed by atoms with Gasteiger partial charge in [-0.3, -0.25) is 4.79 Å². The number of hydrogen-bond donors (Lipinski definition) is 1. The van der Waals surface area contributed by atoms with Gasteiger partial charge in [-0.1, -0.05) is 13.8 Å². The molecular formula is C14H21N3O2. The Morgan fingerprint density at radius 1 is 1.53 bits per heavy atom. The highest BCUT2D eigenvalue weighted by molar-refractivity contribution is 5.95. The zero-order valence-corrected chi connectivity index (χ0v) is 11.6. The van der Waals surface area contributed by atoms with Crippen molar-refractivity contribution in [2.24, 2.45) is 0 Å². The normalized spacial score (nSPS) is 19.5. The molecule has 0 spiro atoms. The molecule has 0 aliphatic carbocycles. The first-order valence-corrected chi connectivity index (χ1v) is 6.81. The largest absolute Gasteiger partial charge is 0.384 e. The number of aryl methyl sites for hydroxylation is 1. The predicted octanol–water partition coefficient (Wildman–Crippen LogP) is 1.48. The van der Waals surface area contributed by atoms with Crippen LogP contribution in [0, 0.1) is 0 Å². The van der Waals surface area contributed by atoms with Crippen molar-refractivity contribution in [1.82, 2.24) is 9.88 Å². The second-order valence-corrected chi connectivity index (χ2v) is 4.78. The molecule has 1 aromatic rings. The number of carbonyl (C=O) groups excluding carboxylic acids is 1. The molecule has 1 amide bonds. The second-order valence-electron chi connectivity index (χ2n) is 4.78. The van der Waals surface area contributed by atoms with Gasteiger partial charge in [-0.05, 0) is 25.0 Å². The van der Waals surface area contributed by atoms with Crippen molar-refractivity contribution in [3.63, 3.8) is 0 Å². The van der Waals surface area contributed by atoms with Crippen LogP contribution < -0.4 is 5.73 Å². The summed E-state index contributed by atoms with van der Waals surface area (Å²) in [6.45, 7) is 5.96. The fraction of sp³-hybridized carbons (Fsp3) is 0.571. The lowest BCUT2D eigenvalue weighted by Crippen LogP contribution is -2.45. The highest BCUT2D eigenvalue weighted by Crippen LogP contribution is 2.15. The first kappa shape index (κ1) is 13.8. The third kappa shape index (κ3) is 3.23. The number of anilines is 1. The topological polar surface area (TPSA) is 68.5 Å². The number of carbonyl (C=O) groups is 1. The van der Waals surface area contributed by atoms with Gasteiger partial charge in [-0.2, -0.15) is 0 Å². The van der Waals surface area contributed by atoms with E-state index in [-0.39, 0.29) is 12.0 Å². The average molecular weight is 263 g/mol. The maximum absolute atomic E-state index is 12.5. The molecule has 0 aromatic carbocycles. The number of morpholine rings is 1. The van der Waals surface area contributed by atoms with Gasteiger partial charge in [0.1, 0.15) is 5.82 Å². The van der Waals surface area contributed by atoms with E-state index in [0.717, 1.165) is 18.5 Å². The van der Waals surface area contributed by atoms with Gasteiger partial charge in [-0.15, -0.1) is 0 Å². The third-order valence-electron chi connectivity index (χ3n) is 3.39. The van der Waals surface area contributed by atoms with Crippen LogP contribution in [0.25, 0.3) is 0 Å².